The zero-order valence-electron chi connectivity index (χ0n) is 14.7. The van der Waals surface area contributed by atoms with E-state index in [1.54, 1.807) is 38.1 Å². The van der Waals surface area contributed by atoms with Crippen molar-refractivity contribution in [1.82, 2.24) is 5.32 Å². The monoisotopic (exact) mass is 358 g/mol. The minimum Gasteiger partial charge on any atom is -0.481 e. The van der Waals surface area contributed by atoms with Gasteiger partial charge in [-0.1, -0.05) is 19.9 Å². The molecule has 0 aliphatic carbocycles. The zero-order valence-corrected chi connectivity index (χ0v) is 14.7. The SMILES string of the molecule is CCC(CC)(CNC(=O)c1cccc(NC(=O)c2ccco2)c1)C(=O)O. The van der Waals surface area contributed by atoms with E-state index in [1.807, 2.05) is 0 Å². The van der Waals surface area contributed by atoms with Gasteiger partial charge in [-0.2, -0.15) is 0 Å². The van der Waals surface area contributed by atoms with Crippen molar-refractivity contribution < 1.29 is 23.9 Å². The third-order valence-electron chi connectivity index (χ3n) is 4.52. The molecule has 2 rings (SSSR count). The molecule has 0 unspecified atom stereocenters. The van der Waals surface area contributed by atoms with Gasteiger partial charge in [0.05, 0.1) is 11.7 Å². The number of nitrogens with one attached hydrogen (secondary N) is 2. The van der Waals surface area contributed by atoms with Crippen LogP contribution in [0, 0.1) is 5.41 Å². The molecule has 0 bridgehead atoms. The van der Waals surface area contributed by atoms with Gasteiger partial charge < -0.3 is 20.2 Å². The molecule has 26 heavy (non-hydrogen) atoms. The molecule has 1 aromatic carbocycles. The van der Waals surface area contributed by atoms with E-state index in [9.17, 15) is 19.5 Å². The molecular weight excluding hydrogens is 336 g/mol. The van der Waals surface area contributed by atoms with Crippen molar-refractivity contribution in [1.29, 1.82) is 0 Å². The van der Waals surface area contributed by atoms with E-state index in [4.69, 9.17) is 4.42 Å². The number of furan rings is 1. The fraction of sp³-hybridized carbons (Fsp3) is 0.316. The topological polar surface area (TPSA) is 109 Å². The molecule has 2 amide bonds. The number of benzene rings is 1. The van der Waals surface area contributed by atoms with E-state index in [1.165, 1.54) is 18.4 Å². The summed E-state index contributed by atoms with van der Waals surface area (Å²) < 4.78 is 5.02. The molecule has 1 heterocycles. The van der Waals surface area contributed by atoms with Gasteiger partial charge in [-0.05, 0) is 43.2 Å². The highest BCUT2D eigenvalue weighted by Gasteiger charge is 2.35. The first-order valence-corrected chi connectivity index (χ1v) is 8.38. The summed E-state index contributed by atoms with van der Waals surface area (Å²) in [6, 6.07) is 9.55. The molecule has 7 nitrogen and oxygen atoms in total. The molecular formula is C19H22N2O5. The summed E-state index contributed by atoms with van der Waals surface area (Å²) in [5, 5.41) is 14.8. The third kappa shape index (κ3) is 4.30. The molecule has 7 heteroatoms. The van der Waals surface area contributed by atoms with Crippen molar-refractivity contribution in [2.24, 2.45) is 5.41 Å². The first-order chi connectivity index (χ1) is 12.4. The van der Waals surface area contributed by atoms with Crippen LogP contribution in [0.5, 0.6) is 0 Å². The Morgan fingerprint density at radius 2 is 1.81 bits per heavy atom. The zero-order chi connectivity index (χ0) is 19.2. The average molecular weight is 358 g/mol. The number of carboxylic acid groups (broad SMARTS) is 1. The quantitative estimate of drug-likeness (QED) is 0.672. The Labute approximate surface area is 151 Å². The summed E-state index contributed by atoms with van der Waals surface area (Å²) in [5.74, 6) is -1.58. The molecule has 0 radical (unpaired) electrons. The van der Waals surface area contributed by atoms with E-state index in [0.717, 1.165) is 0 Å². The maximum Gasteiger partial charge on any atom is 0.311 e. The highest BCUT2D eigenvalue weighted by Crippen LogP contribution is 2.26. The maximum atomic E-state index is 12.4. The van der Waals surface area contributed by atoms with Crippen molar-refractivity contribution in [3.8, 4) is 0 Å². The van der Waals surface area contributed by atoms with Crippen molar-refractivity contribution in [3.63, 3.8) is 0 Å². The van der Waals surface area contributed by atoms with Crippen LogP contribution in [-0.2, 0) is 4.79 Å². The second kappa shape index (κ2) is 8.33. The van der Waals surface area contributed by atoms with Crippen LogP contribution in [0.25, 0.3) is 0 Å². The number of anilines is 1. The molecule has 0 spiro atoms. The predicted octanol–water partition coefficient (Wildman–Crippen LogP) is 3.15. The van der Waals surface area contributed by atoms with Gasteiger partial charge >= 0.3 is 5.97 Å². The Morgan fingerprint density at radius 3 is 2.38 bits per heavy atom. The largest absolute Gasteiger partial charge is 0.481 e. The van der Waals surface area contributed by atoms with E-state index in [2.05, 4.69) is 10.6 Å². The standard InChI is InChI=1S/C19H22N2O5/c1-3-19(4-2,18(24)25)12-20-16(22)13-7-5-8-14(11-13)21-17(23)15-9-6-10-26-15/h5-11H,3-4,12H2,1-2H3,(H,20,22)(H,21,23)(H,24,25). The lowest BCUT2D eigenvalue weighted by Crippen LogP contribution is -2.42. The van der Waals surface area contributed by atoms with Crippen LogP contribution in [0.2, 0.25) is 0 Å². The Morgan fingerprint density at radius 1 is 1.08 bits per heavy atom. The lowest BCUT2D eigenvalue weighted by molar-refractivity contribution is -0.149. The molecule has 3 N–H and O–H groups in total. The number of carbonyl (C=O) groups is 3. The Balaban J connectivity index is 2.06. The third-order valence-corrected chi connectivity index (χ3v) is 4.52. The van der Waals surface area contributed by atoms with Crippen LogP contribution in [0.15, 0.2) is 47.1 Å². The number of carbonyl (C=O) groups excluding carboxylic acids is 2. The molecule has 1 aromatic heterocycles. The Kier molecular flexibility index (Phi) is 6.16. The number of amides is 2. The van der Waals surface area contributed by atoms with E-state index in [-0.39, 0.29) is 12.3 Å². The summed E-state index contributed by atoms with van der Waals surface area (Å²) in [6.45, 7) is 3.61. The summed E-state index contributed by atoms with van der Waals surface area (Å²) in [7, 11) is 0. The fourth-order valence-corrected chi connectivity index (χ4v) is 2.57. The number of rotatable bonds is 8. The lowest BCUT2D eigenvalue weighted by atomic mass is 9.82. The highest BCUT2D eigenvalue weighted by molar-refractivity contribution is 6.03. The average Bonchev–Trinajstić information content (AvgIpc) is 3.17. The first-order valence-electron chi connectivity index (χ1n) is 8.38. The van der Waals surface area contributed by atoms with Crippen LogP contribution in [-0.4, -0.2) is 29.4 Å². The summed E-state index contributed by atoms with van der Waals surface area (Å²) in [6.07, 6.45) is 2.23. The molecule has 0 aliphatic heterocycles. The molecule has 0 saturated heterocycles. The van der Waals surface area contributed by atoms with Crippen LogP contribution in [0.3, 0.4) is 0 Å². The first kappa shape index (κ1) is 19.2. The van der Waals surface area contributed by atoms with Gasteiger partial charge in [0.1, 0.15) is 0 Å². The minimum absolute atomic E-state index is 0.0388. The Hall–Kier alpha value is -3.09. The predicted molar refractivity (Wildman–Crippen MR) is 96.1 cm³/mol. The normalized spacial score (nSPS) is 11.0. The van der Waals surface area contributed by atoms with Gasteiger partial charge in [0.2, 0.25) is 0 Å². The maximum absolute atomic E-state index is 12.4. The molecule has 138 valence electrons. The second-order valence-corrected chi connectivity index (χ2v) is 5.99. The van der Waals surface area contributed by atoms with Gasteiger partial charge in [-0.25, -0.2) is 0 Å². The van der Waals surface area contributed by atoms with E-state index >= 15 is 0 Å². The number of hydrogen-bond acceptors (Lipinski definition) is 4. The molecule has 2 aromatic rings. The van der Waals surface area contributed by atoms with Gasteiger partial charge in [0.25, 0.3) is 11.8 Å². The van der Waals surface area contributed by atoms with Crippen LogP contribution < -0.4 is 10.6 Å². The van der Waals surface area contributed by atoms with E-state index in [0.29, 0.717) is 24.1 Å². The van der Waals surface area contributed by atoms with Crippen LogP contribution in [0.1, 0.15) is 47.6 Å². The number of carboxylic acids is 1. The van der Waals surface area contributed by atoms with Gasteiger partial charge in [0, 0.05) is 17.8 Å². The highest BCUT2D eigenvalue weighted by atomic mass is 16.4. The summed E-state index contributed by atoms with van der Waals surface area (Å²) in [4.78, 5) is 35.9. The Bertz CT molecular complexity index is 779. The second-order valence-electron chi connectivity index (χ2n) is 5.99. The lowest BCUT2D eigenvalue weighted by Gasteiger charge is -2.26. The molecule has 0 aliphatic rings. The smallest absolute Gasteiger partial charge is 0.311 e. The van der Waals surface area contributed by atoms with Crippen molar-refractivity contribution in [3.05, 3.63) is 54.0 Å². The van der Waals surface area contributed by atoms with Crippen molar-refractivity contribution >= 4 is 23.5 Å². The minimum atomic E-state index is -0.985. The molecule has 0 saturated carbocycles. The fourth-order valence-electron chi connectivity index (χ4n) is 2.57. The molecule has 0 fully saturated rings. The van der Waals surface area contributed by atoms with Crippen molar-refractivity contribution in [2.75, 3.05) is 11.9 Å². The summed E-state index contributed by atoms with van der Waals surface area (Å²) in [5.41, 5.74) is -0.218. The van der Waals surface area contributed by atoms with Gasteiger partial charge in [-0.15, -0.1) is 0 Å². The van der Waals surface area contributed by atoms with Crippen LogP contribution in [0.4, 0.5) is 5.69 Å². The van der Waals surface area contributed by atoms with Crippen LogP contribution >= 0.6 is 0 Å². The molecule has 0 atom stereocenters. The van der Waals surface area contributed by atoms with Gasteiger partial charge in [-0.3, -0.25) is 14.4 Å². The number of hydrogen-bond donors (Lipinski definition) is 3. The summed E-state index contributed by atoms with van der Waals surface area (Å²) >= 11 is 0. The van der Waals surface area contributed by atoms with E-state index < -0.39 is 23.2 Å². The van der Waals surface area contributed by atoms with Crippen molar-refractivity contribution in [2.45, 2.75) is 26.7 Å². The van der Waals surface area contributed by atoms with Gasteiger partial charge in [0.15, 0.2) is 5.76 Å². The number of aliphatic carboxylic acids is 1.